The van der Waals surface area contributed by atoms with E-state index in [4.69, 9.17) is 18.6 Å². The molecule has 0 bridgehead atoms. The van der Waals surface area contributed by atoms with Gasteiger partial charge in [0.2, 0.25) is 0 Å². The van der Waals surface area contributed by atoms with Crippen molar-refractivity contribution in [3.8, 4) is 17.4 Å². The minimum Gasteiger partial charge on any atom is -0.485 e. The predicted molar refractivity (Wildman–Crippen MR) is 94.9 cm³/mol. The Morgan fingerprint density at radius 1 is 1.32 bits per heavy atom. The van der Waals surface area contributed by atoms with Crippen LogP contribution in [0.4, 0.5) is 0 Å². The molecule has 3 heterocycles. The highest BCUT2D eigenvalue weighted by atomic mass is 32.1. The SMILES string of the molecule is COc1oc(/C=C/CC(O)c2scc3c2OCCO3)c(C)c(=O)c1C. The summed E-state index contributed by atoms with van der Waals surface area (Å²) in [4.78, 5) is 12.9. The zero-order valence-corrected chi connectivity index (χ0v) is 15.1. The molecule has 0 aromatic carbocycles. The van der Waals surface area contributed by atoms with Gasteiger partial charge in [-0.1, -0.05) is 6.08 Å². The largest absolute Gasteiger partial charge is 0.485 e. The smallest absolute Gasteiger partial charge is 0.291 e. The van der Waals surface area contributed by atoms with E-state index in [1.54, 1.807) is 26.0 Å². The van der Waals surface area contributed by atoms with Gasteiger partial charge in [-0.25, -0.2) is 0 Å². The van der Waals surface area contributed by atoms with Crippen LogP contribution in [-0.2, 0) is 0 Å². The van der Waals surface area contributed by atoms with Crippen molar-refractivity contribution in [3.63, 3.8) is 0 Å². The Kier molecular flexibility index (Phi) is 5.15. The van der Waals surface area contributed by atoms with E-state index < -0.39 is 6.10 Å². The molecule has 0 fully saturated rings. The molecule has 1 aliphatic heterocycles. The summed E-state index contributed by atoms with van der Waals surface area (Å²) in [7, 11) is 1.46. The molecule has 0 saturated carbocycles. The third kappa shape index (κ3) is 3.43. The Balaban J connectivity index is 1.76. The second kappa shape index (κ2) is 7.33. The van der Waals surface area contributed by atoms with E-state index in [0.717, 1.165) is 4.88 Å². The van der Waals surface area contributed by atoms with Crippen LogP contribution >= 0.6 is 11.3 Å². The summed E-state index contributed by atoms with van der Waals surface area (Å²) in [6, 6.07) is 0. The number of hydrogen-bond acceptors (Lipinski definition) is 7. The van der Waals surface area contributed by atoms with Gasteiger partial charge >= 0.3 is 0 Å². The van der Waals surface area contributed by atoms with Gasteiger partial charge in [0.25, 0.3) is 5.95 Å². The highest BCUT2D eigenvalue weighted by Crippen LogP contribution is 2.43. The van der Waals surface area contributed by atoms with Gasteiger partial charge in [0.05, 0.1) is 23.7 Å². The van der Waals surface area contributed by atoms with E-state index in [0.29, 0.717) is 48.0 Å². The number of ether oxygens (including phenoxy) is 3. The lowest BCUT2D eigenvalue weighted by molar-refractivity contribution is 0.152. The number of rotatable bonds is 5. The van der Waals surface area contributed by atoms with Gasteiger partial charge in [-0.3, -0.25) is 4.79 Å². The standard InChI is InChI=1S/C18H20O6S/c1-10-13(24-18(21-3)11(2)15(10)20)6-4-5-12(19)17-16-14(9-25-17)22-7-8-23-16/h4,6,9,12,19H,5,7-8H2,1-3H3/b6-4+. The van der Waals surface area contributed by atoms with Crippen LogP contribution in [0, 0.1) is 13.8 Å². The Morgan fingerprint density at radius 2 is 2.08 bits per heavy atom. The summed E-state index contributed by atoms with van der Waals surface area (Å²) in [6.07, 6.45) is 3.08. The number of aliphatic hydroxyl groups is 1. The van der Waals surface area contributed by atoms with Crippen molar-refractivity contribution in [1.29, 1.82) is 0 Å². The van der Waals surface area contributed by atoms with Gasteiger partial charge in [-0.2, -0.15) is 0 Å². The zero-order valence-electron chi connectivity index (χ0n) is 14.3. The van der Waals surface area contributed by atoms with Crippen molar-refractivity contribution in [3.05, 3.63) is 43.4 Å². The number of thiophene rings is 1. The fourth-order valence-corrected chi connectivity index (χ4v) is 3.55. The fourth-order valence-electron chi connectivity index (χ4n) is 2.62. The van der Waals surface area contributed by atoms with Gasteiger partial charge in [0.1, 0.15) is 19.0 Å². The van der Waals surface area contributed by atoms with Gasteiger partial charge in [0.15, 0.2) is 16.9 Å². The van der Waals surface area contributed by atoms with E-state index in [9.17, 15) is 9.90 Å². The van der Waals surface area contributed by atoms with Crippen LogP contribution in [0.5, 0.6) is 17.4 Å². The number of aliphatic hydroxyl groups excluding tert-OH is 1. The molecule has 0 aliphatic carbocycles. The van der Waals surface area contributed by atoms with Crippen molar-refractivity contribution in [1.82, 2.24) is 0 Å². The van der Waals surface area contributed by atoms with Crippen LogP contribution in [-0.4, -0.2) is 25.4 Å². The van der Waals surface area contributed by atoms with Crippen molar-refractivity contribution in [2.75, 3.05) is 20.3 Å². The Bertz CT molecular complexity index is 848. The third-order valence-electron chi connectivity index (χ3n) is 4.00. The highest BCUT2D eigenvalue weighted by molar-refractivity contribution is 7.10. The molecule has 1 aliphatic rings. The lowest BCUT2D eigenvalue weighted by Crippen LogP contribution is -2.15. The Hall–Kier alpha value is -2.25. The molecule has 1 atom stereocenters. The average Bonchev–Trinajstić information content (AvgIpc) is 3.06. The van der Waals surface area contributed by atoms with Crippen molar-refractivity contribution in [2.24, 2.45) is 0 Å². The first kappa shape index (κ1) is 17.6. The monoisotopic (exact) mass is 364 g/mol. The second-order valence-corrected chi connectivity index (χ2v) is 6.59. The van der Waals surface area contributed by atoms with Crippen molar-refractivity contribution >= 4 is 17.4 Å². The van der Waals surface area contributed by atoms with E-state index in [1.807, 2.05) is 5.38 Å². The molecule has 0 amide bonds. The van der Waals surface area contributed by atoms with Crippen molar-refractivity contribution < 1.29 is 23.7 Å². The van der Waals surface area contributed by atoms with Crippen LogP contribution in [0.3, 0.4) is 0 Å². The van der Waals surface area contributed by atoms with Crippen LogP contribution in [0.1, 0.15) is 34.3 Å². The molecule has 2 aromatic rings. The summed E-state index contributed by atoms with van der Waals surface area (Å²) in [5, 5.41) is 12.3. The molecular weight excluding hydrogens is 344 g/mol. The summed E-state index contributed by atoms with van der Waals surface area (Å²) in [5.74, 6) is 1.93. The van der Waals surface area contributed by atoms with Gasteiger partial charge < -0.3 is 23.7 Å². The maximum Gasteiger partial charge on any atom is 0.291 e. The number of methoxy groups -OCH3 is 1. The molecule has 2 aromatic heterocycles. The average molecular weight is 364 g/mol. The van der Waals surface area contributed by atoms with Crippen LogP contribution in [0.2, 0.25) is 0 Å². The molecule has 134 valence electrons. The predicted octanol–water partition coefficient (Wildman–Crippen LogP) is 3.23. The molecule has 1 unspecified atom stereocenters. The van der Waals surface area contributed by atoms with Gasteiger partial charge in [-0.05, 0) is 26.3 Å². The molecule has 7 heteroatoms. The van der Waals surface area contributed by atoms with Gasteiger partial charge in [-0.15, -0.1) is 11.3 Å². The Morgan fingerprint density at radius 3 is 2.84 bits per heavy atom. The van der Waals surface area contributed by atoms with Crippen LogP contribution in [0.25, 0.3) is 6.08 Å². The van der Waals surface area contributed by atoms with E-state index in [-0.39, 0.29) is 11.4 Å². The minimum absolute atomic E-state index is 0.110. The lowest BCUT2D eigenvalue weighted by Gasteiger charge is -2.17. The molecular formula is C18H20O6S. The van der Waals surface area contributed by atoms with Crippen molar-refractivity contribution in [2.45, 2.75) is 26.4 Å². The fraction of sp³-hybridized carbons (Fsp3) is 0.389. The summed E-state index contributed by atoms with van der Waals surface area (Å²) >= 11 is 1.41. The normalized spacial score (nSPS) is 14.7. The third-order valence-corrected chi connectivity index (χ3v) is 5.05. The first-order chi connectivity index (χ1) is 12.0. The molecule has 3 rings (SSSR count). The second-order valence-electron chi connectivity index (χ2n) is 5.68. The molecule has 6 nitrogen and oxygen atoms in total. The number of hydrogen-bond donors (Lipinski definition) is 1. The van der Waals surface area contributed by atoms with Crippen LogP contribution in [0.15, 0.2) is 20.7 Å². The lowest BCUT2D eigenvalue weighted by atomic mass is 10.1. The summed E-state index contributed by atoms with van der Waals surface area (Å²) in [6.45, 7) is 4.37. The summed E-state index contributed by atoms with van der Waals surface area (Å²) in [5.41, 5.74) is 0.843. The van der Waals surface area contributed by atoms with E-state index >= 15 is 0 Å². The quantitative estimate of drug-likeness (QED) is 0.878. The Labute approximate surface area is 149 Å². The molecule has 0 spiro atoms. The minimum atomic E-state index is -0.717. The van der Waals surface area contributed by atoms with E-state index in [2.05, 4.69) is 0 Å². The van der Waals surface area contributed by atoms with Crippen LogP contribution < -0.4 is 19.6 Å². The topological polar surface area (TPSA) is 78.1 Å². The zero-order chi connectivity index (χ0) is 18.0. The first-order valence-corrected chi connectivity index (χ1v) is 8.80. The van der Waals surface area contributed by atoms with Gasteiger partial charge in [0, 0.05) is 10.9 Å². The highest BCUT2D eigenvalue weighted by Gasteiger charge is 2.23. The summed E-state index contributed by atoms with van der Waals surface area (Å²) < 4.78 is 21.8. The maximum absolute atomic E-state index is 12.2. The maximum atomic E-state index is 12.2. The first-order valence-electron chi connectivity index (χ1n) is 7.92. The van der Waals surface area contributed by atoms with E-state index in [1.165, 1.54) is 18.4 Å². The molecule has 0 saturated heterocycles. The number of fused-ring (bicyclic) bond motifs is 1. The molecule has 1 N–H and O–H groups in total. The molecule has 0 radical (unpaired) electrons. The molecule has 25 heavy (non-hydrogen) atoms.